The monoisotopic (exact) mass is 254 g/mol. The Labute approximate surface area is 104 Å². The van der Waals surface area contributed by atoms with Crippen LogP contribution in [0.3, 0.4) is 0 Å². The molecule has 6 heteroatoms. The number of carbonyl (C=O) groups is 2. The van der Waals surface area contributed by atoms with Crippen molar-refractivity contribution >= 4 is 17.6 Å². The average Bonchev–Trinajstić information content (AvgIpc) is 2.29. The molecule has 0 aliphatic heterocycles. The summed E-state index contributed by atoms with van der Waals surface area (Å²) < 4.78 is 17.8. The first kappa shape index (κ1) is 14.1. The zero-order valence-corrected chi connectivity index (χ0v) is 10.2. The number of hydrogen-bond donors (Lipinski definition) is 2. The van der Waals surface area contributed by atoms with Gasteiger partial charge in [0, 0.05) is 18.2 Å². The maximum Gasteiger partial charge on any atom is 0.340 e. The minimum Gasteiger partial charge on any atom is -0.465 e. The van der Waals surface area contributed by atoms with Gasteiger partial charge in [0.25, 0.3) is 0 Å². The fourth-order valence-corrected chi connectivity index (χ4v) is 1.37. The number of halogens is 1. The third-order valence-corrected chi connectivity index (χ3v) is 2.16. The van der Waals surface area contributed by atoms with E-state index >= 15 is 0 Å². The summed E-state index contributed by atoms with van der Waals surface area (Å²) >= 11 is 0. The van der Waals surface area contributed by atoms with E-state index in [-0.39, 0.29) is 23.9 Å². The van der Waals surface area contributed by atoms with E-state index in [4.69, 9.17) is 5.73 Å². The topological polar surface area (TPSA) is 81.4 Å². The highest BCUT2D eigenvalue weighted by Gasteiger charge is 2.14. The summed E-state index contributed by atoms with van der Waals surface area (Å²) in [6.07, 6.45) is 0.144. The zero-order chi connectivity index (χ0) is 13.7. The Morgan fingerprint density at radius 3 is 2.72 bits per heavy atom. The molecular weight excluding hydrogens is 239 g/mol. The van der Waals surface area contributed by atoms with Crippen LogP contribution in [0.1, 0.15) is 23.7 Å². The number of hydrogen-bond acceptors (Lipinski definition) is 4. The number of carbonyl (C=O) groups excluding carboxylic acids is 2. The molecule has 98 valence electrons. The van der Waals surface area contributed by atoms with Crippen LogP contribution in [0.2, 0.25) is 0 Å². The van der Waals surface area contributed by atoms with Gasteiger partial charge in [0.05, 0.1) is 12.7 Å². The second-order valence-electron chi connectivity index (χ2n) is 3.92. The van der Waals surface area contributed by atoms with Gasteiger partial charge in [-0.2, -0.15) is 0 Å². The van der Waals surface area contributed by atoms with Crippen LogP contribution < -0.4 is 11.1 Å². The number of rotatable bonds is 4. The maximum atomic E-state index is 13.3. The van der Waals surface area contributed by atoms with Gasteiger partial charge in [-0.25, -0.2) is 9.18 Å². The molecule has 5 nitrogen and oxygen atoms in total. The second-order valence-corrected chi connectivity index (χ2v) is 3.92. The predicted octanol–water partition coefficient (Wildman–Crippen LogP) is 1.29. The maximum absolute atomic E-state index is 13.3. The first-order chi connectivity index (χ1) is 8.43. The fourth-order valence-electron chi connectivity index (χ4n) is 1.37. The van der Waals surface area contributed by atoms with Crippen molar-refractivity contribution in [3.05, 3.63) is 29.6 Å². The fraction of sp³-hybridized carbons (Fsp3) is 0.333. The van der Waals surface area contributed by atoms with Crippen molar-refractivity contribution < 1.29 is 18.7 Å². The van der Waals surface area contributed by atoms with E-state index in [0.717, 1.165) is 13.2 Å². The molecule has 0 radical (unpaired) electrons. The first-order valence-corrected chi connectivity index (χ1v) is 5.37. The molecule has 1 rings (SSSR count). The van der Waals surface area contributed by atoms with Gasteiger partial charge in [-0.3, -0.25) is 4.79 Å². The molecule has 0 aliphatic carbocycles. The molecule has 18 heavy (non-hydrogen) atoms. The average molecular weight is 254 g/mol. The highest BCUT2D eigenvalue weighted by atomic mass is 19.1. The molecule has 0 spiro atoms. The van der Waals surface area contributed by atoms with Crippen LogP contribution in [-0.4, -0.2) is 25.0 Å². The standard InChI is InChI=1S/C12H15FN2O3/c1-7(14)5-11(16)15-8-3-4-10(13)9(6-8)12(17)18-2/h3-4,6-7H,5,14H2,1-2H3,(H,15,16). The Hall–Kier alpha value is -1.95. The summed E-state index contributed by atoms with van der Waals surface area (Å²) in [4.78, 5) is 22.7. The molecule has 1 unspecified atom stereocenters. The summed E-state index contributed by atoms with van der Waals surface area (Å²) in [6.45, 7) is 1.70. The molecule has 0 aromatic heterocycles. The van der Waals surface area contributed by atoms with E-state index in [1.165, 1.54) is 12.1 Å². The third-order valence-electron chi connectivity index (χ3n) is 2.16. The van der Waals surface area contributed by atoms with Crippen molar-refractivity contribution in [1.29, 1.82) is 0 Å². The van der Waals surface area contributed by atoms with Gasteiger partial charge in [-0.1, -0.05) is 0 Å². The SMILES string of the molecule is COC(=O)c1cc(NC(=O)CC(C)N)ccc1F. The number of anilines is 1. The van der Waals surface area contributed by atoms with Gasteiger partial charge in [0.15, 0.2) is 0 Å². The first-order valence-electron chi connectivity index (χ1n) is 5.37. The van der Waals surface area contributed by atoms with E-state index in [1.54, 1.807) is 6.92 Å². The van der Waals surface area contributed by atoms with Crippen molar-refractivity contribution in [1.82, 2.24) is 0 Å². The van der Waals surface area contributed by atoms with Crippen molar-refractivity contribution in [3.63, 3.8) is 0 Å². The normalized spacial score (nSPS) is 11.8. The quantitative estimate of drug-likeness (QED) is 0.793. The Bertz CT molecular complexity index is 461. The summed E-state index contributed by atoms with van der Waals surface area (Å²) in [5, 5.41) is 2.53. The minimum atomic E-state index is -0.796. The summed E-state index contributed by atoms with van der Waals surface area (Å²) in [5.74, 6) is -1.80. The third kappa shape index (κ3) is 3.81. The molecule has 3 N–H and O–H groups in total. The lowest BCUT2D eigenvalue weighted by atomic mass is 10.1. The lowest BCUT2D eigenvalue weighted by molar-refractivity contribution is -0.116. The van der Waals surface area contributed by atoms with Crippen molar-refractivity contribution in [2.45, 2.75) is 19.4 Å². The molecule has 0 heterocycles. The van der Waals surface area contributed by atoms with E-state index in [0.29, 0.717) is 5.69 Å². The molecule has 1 amide bonds. The summed E-state index contributed by atoms with van der Waals surface area (Å²) in [5.41, 5.74) is 5.57. The Kier molecular flexibility index (Phi) is 4.79. The largest absolute Gasteiger partial charge is 0.465 e. The van der Waals surface area contributed by atoms with Crippen LogP contribution in [0.4, 0.5) is 10.1 Å². The number of ether oxygens (including phenoxy) is 1. The van der Waals surface area contributed by atoms with Gasteiger partial charge in [-0.15, -0.1) is 0 Å². The molecule has 1 aromatic carbocycles. The van der Waals surface area contributed by atoms with Gasteiger partial charge < -0.3 is 15.8 Å². The van der Waals surface area contributed by atoms with E-state index in [9.17, 15) is 14.0 Å². The van der Waals surface area contributed by atoms with E-state index < -0.39 is 11.8 Å². The molecule has 0 saturated heterocycles. The minimum absolute atomic E-state index is 0.144. The lowest BCUT2D eigenvalue weighted by Crippen LogP contribution is -2.24. The summed E-state index contributed by atoms with van der Waals surface area (Å²) in [7, 11) is 1.16. The summed E-state index contributed by atoms with van der Waals surface area (Å²) in [6, 6.07) is 3.40. The van der Waals surface area contributed by atoms with Crippen molar-refractivity contribution in [3.8, 4) is 0 Å². The Morgan fingerprint density at radius 1 is 1.50 bits per heavy atom. The molecule has 0 bridgehead atoms. The molecule has 0 saturated carbocycles. The zero-order valence-electron chi connectivity index (χ0n) is 10.2. The van der Waals surface area contributed by atoms with Gasteiger partial charge >= 0.3 is 5.97 Å². The van der Waals surface area contributed by atoms with Gasteiger partial charge in [0.2, 0.25) is 5.91 Å². The highest BCUT2D eigenvalue weighted by Crippen LogP contribution is 2.16. The smallest absolute Gasteiger partial charge is 0.340 e. The van der Waals surface area contributed by atoms with Crippen LogP contribution in [0, 0.1) is 5.82 Å². The van der Waals surface area contributed by atoms with Crippen molar-refractivity contribution in [2.75, 3.05) is 12.4 Å². The van der Waals surface area contributed by atoms with Crippen LogP contribution in [0.25, 0.3) is 0 Å². The van der Waals surface area contributed by atoms with E-state index in [2.05, 4.69) is 10.1 Å². The Balaban J connectivity index is 2.85. The number of nitrogens with two attached hydrogens (primary N) is 1. The van der Waals surface area contributed by atoms with E-state index in [1.807, 2.05) is 0 Å². The molecule has 1 atom stereocenters. The van der Waals surface area contributed by atoms with Gasteiger partial charge in [0.1, 0.15) is 5.82 Å². The molecule has 0 fully saturated rings. The second kappa shape index (κ2) is 6.11. The molecule has 0 aliphatic rings. The van der Waals surface area contributed by atoms with Crippen LogP contribution >= 0.6 is 0 Å². The lowest BCUT2D eigenvalue weighted by Gasteiger charge is -2.08. The highest BCUT2D eigenvalue weighted by molar-refractivity contribution is 5.94. The predicted molar refractivity (Wildman–Crippen MR) is 64.6 cm³/mol. The van der Waals surface area contributed by atoms with Crippen LogP contribution in [-0.2, 0) is 9.53 Å². The Morgan fingerprint density at radius 2 is 2.17 bits per heavy atom. The van der Waals surface area contributed by atoms with Gasteiger partial charge in [-0.05, 0) is 25.1 Å². The van der Waals surface area contributed by atoms with Crippen LogP contribution in [0.15, 0.2) is 18.2 Å². The van der Waals surface area contributed by atoms with Crippen molar-refractivity contribution in [2.24, 2.45) is 5.73 Å². The number of methoxy groups -OCH3 is 1. The van der Waals surface area contributed by atoms with Crippen LogP contribution in [0.5, 0.6) is 0 Å². The molecule has 1 aromatic rings. The number of amides is 1. The number of benzene rings is 1. The number of nitrogens with one attached hydrogen (secondary N) is 1. The molecular formula is C12H15FN2O3. The number of esters is 1.